The Kier molecular flexibility index (Phi) is 5.77. The Morgan fingerprint density at radius 1 is 1.28 bits per heavy atom. The Morgan fingerprint density at radius 2 is 2.03 bits per heavy atom. The summed E-state index contributed by atoms with van der Waals surface area (Å²) in [5.41, 5.74) is 2.98. The van der Waals surface area contributed by atoms with Gasteiger partial charge in [-0.1, -0.05) is 6.92 Å². The van der Waals surface area contributed by atoms with Crippen LogP contribution in [0, 0.1) is 11.7 Å². The van der Waals surface area contributed by atoms with Crippen molar-refractivity contribution >= 4 is 10.0 Å². The Hall–Kier alpha value is -1.77. The highest BCUT2D eigenvalue weighted by atomic mass is 32.2. The molecule has 3 aliphatic rings. The van der Waals surface area contributed by atoms with Gasteiger partial charge in [0, 0.05) is 43.4 Å². The zero-order valence-electron chi connectivity index (χ0n) is 17.0. The van der Waals surface area contributed by atoms with E-state index in [0.717, 1.165) is 37.2 Å². The molecule has 0 spiro atoms. The molecular weight excluding hydrogens is 391 g/mol. The number of rotatable bonds is 7. The molecule has 4 heterocycles. The second-order valence-corrected chi connectivity index (χ2v) is 10.2. The molecule has 0 aliphatic carbocycles. The standard InChI is InChI=1S/C21H29FN4O2S/c1-3-10-29(27,28)23-13-18-11-16-8-9-26(18)14-19(16)21-12-20(24-25(21)2)15-4-6-17(22)7-5-15/h4-7,12,16,18-19,23H,3,8-11,13-14H2,1-2H3/t16-,18+,19-/m0/s1. The minimum atomic E-state index is -3.17. The molecule has 0 amide bonds. The van der Waals surface area contributed by atoms with Gasteiger partial charge in [-0.25, -0.2) is 17.5 Å². The lowest BCUT2D eigenvalue weighted by Gasteiger charge is -2.49. The summed E-state index contributed by atoms with van der Waals surface area (Å²) >= 11 is 0. The SMILES string of the molecule is CCCS(=O)(=O)NC[C@H]1C[C@@H]2CCN1C[C@@H]2c1cc(-c2ccc(F)cc2)nn1C. The zero-order valence-corrected chi connectivity index (χ0v) is 17.8. The second-order valence-electron chi connectivity index (χ2n) is 8.29. The van der Waals surface area contributed by atoms with Crippen LogP contribution in [0.5, 0.6) is 0 Å². The largest absolute Gasteiger partial charge is 0.298 e. The number of nitrogens with one attached hydrogen (secondary N) is 1. The van der Waals surface area contributed by atoms with Crippen molar-refractivity contribution in [2.75, 3.05) is 25.4 Å². The van der Waals surface area contributed by atoms with Crippen molar-refractivity contribution in [3.63, 3.8) is 0 Å². The van der Waals surface area contributed by atoms with E-state index in [9.17, 15) is 12.8 Å². The van der Waals surface area contributed by atoms with Crippen LogP contribution in [0.1, 0.15) is 37.8 Å². The molecule has 8 heteroatoms. The number of aromatic nitrogens is 2. The van der Waals surface area contributed by atoms with Gasteiger partial charge in [0.15, 0.2) is 0 Å². The molecule has 3 fully saturated rings. The van der Waals surface area contributed by atoms with E-state index in [0.29, 0.717) is 24.8 Å². The normalized spacial score (nSPS) is 26.7. The van der Waals surface area contributed by atoms with Gasteiger partial charge in [0.25, 0.3) is 0 Å². The van der Waals surface area contributed by atoms with Crippen molar-refractivity contribution in [2.45, 2.75) is 38.1 Å². The van der Waals surface area contributed by atoms with E-state index in [-0.39, 0.29) is 17.6 Å². The number of benzene rings is 1. The lowest BCUT2D eigenvalue weighted by molar-refractivity contribution is 0.0306. The maximum atomic E-state index is 13.2. The summed E-state index contributed by atoms with van der Waals surface area (Å²) in [5.74, 6) is 0.853. The Labute approximate surface area is 172 Å². The van der Waals surface area contributed by atoms with Crippen LogP contribution in [0.25, 0.3) is 11.3 Å². The molecule has 6 nitrogen and oxygen atoms in total. The van der Waals surface area contributed by atoms with Gasteiger partial charge in [0.1, 0.15) is 5.82 Å². The van der Waals surface area contributed by atoms with Crippen molar-refractivity contribution in [2.24, 2.45) is 13.0 Å². The van der Waals surface area contributed by atoms with Gasteiger partial charge in [-0.05, 0) is 62.1 Å². The highest BCUT2D eigenvalue weighted by Crippen LogP contribution is 2.42. The first-order chi connectivity index (χ1) is 13.9. The monoisotopic (exact) mass is 420 g/mol. The summed E-state index contributed by atoms with van der Waals surface area (Å²) in [5, 5.41) is 4.66. The minimum absolute atomic E-state index is 0.187. The molecular formula is C21H29FN4O2S. The number of hydrogen-bond donors (Lipinski definition) is 1. The Morgan fingerprint density at radius 3 is 2.69 bits per heavy atom. The predicted octanol–water partition coefficient (Wildman–Crippen LogP) is 2.73. The number of piperidine rings is 3. The number of nitrogens with zero attached hydrogens (tertiary/aromatic N) is 3. The molecule has 1 unspecified atom stereocenters. The number of halogens is 1. The Balaban J connectivity index is 1.46. The van der Waals surface area contributed by atoms with Crippen molar-refractivity contribution in [3.05, 3.63) is 41.8 Å². The summed E-state index contributed by atoms with van der Waals surface area (Å²) in [6.45, 7) is 4.32. The van der Waals surface area contributed by atoms with Gasteiger partial charge >= 0.3 is 0 Å². The van der Waals surface area contributed by atoms with Crippen molar-refractivity contribution in [3.8, 4) is 11.3 Å². The van der Waals surface area contributed by atoms with Crippen molar-refractivity contribution in [1.82, 2.24) is 19.4 Å². The number of aryl methyl sites for hydroxylation is 1. The van der Waals surface area contributed by atoms with Crippen LogP contribution in [0.3, 0.4) is 0 Å². The first kappa shape index (κ1) is 20.5. The van der Waals surface area contributed by atoms with Gasteiger partial charge in [-0.2, -0.15) is 5.10 Å². The average Bonchev–Trinajstić information content (AvgIpc) is 3.09. The summed E-state index contributed by atoms with van der Waals surface area (Å²) in [6.07, 6.45) is 2.75. The van der Waals surface area contributed by atoms with Crippen LogP contribution in [0.4, 0.5) is 4.39 Å². The van der Waals surface area contributed by atoms with E-state index in [4.69, 9.17) is 0 Å². The fourth-order valence-electron chi connectivity index (χ4n) is 4.84. The topological polar surface area (TPSA) is 67.2 Å². The fourth-order valence-corrected chi connectivity index (χ4v) is 5.97. The van der Waals surface area contributed by atoms with Crippen LogP contribution in [-0.2, 0) is 17.1 Å². The molecule has 1 N–H and O–H groups in total. The predicted molar refractivity (Wildman–Crippen MR) is 112 cm³/mol. The molecule has 29 heavy (non-hydrogen) atoms. The molecule has 0 saturated carbocycles. The van der Waals surface area contributed by atoms with E-state index in [1.165, 1.54) is 17.8 Å². The lowest BCUT2D eigenvalue weighted by atomic mass is 9.74. The van der Waals surface area contributed by atoms with E-state index < -0.39 is 10.0 Å². The van der Waals surface area contributed by atoms with Crippen LogP contribution in [-0.4, -0.2) is 54.5 Å². The summed E-state index contributed by atoms with van der Waals surface area (Å²) < 4.78 is 42.0. The molecule has 4 atom stereocenters. The van der Waals surface area contributed by atoms with Crippen molar-refractivity contribution < 1.29 is 12.8 Å². The van der Waals surface area contributed by atoms with Gasteiger partial charge in [-0.15, -0.1) is 0 Å². The van der Waals surface area contributed by atoms with Gasteiger partial charge < -0.3 is 0 Å². The van der Waals surface area contributed by atoms with Crippen LogP contribution in [0.2, 0.25) is 0 Å². The lowest BCUT2D eigenvalue weighted by Crippen LogP contribution is -2.56. The Bertz CT molecular complexity index is 958. The minimum Gasteiger partial charge on any atom is -0.298 e. The zero-order chi connectivity index (χ0) is 20.6. The van der Waals surface area contributed by atoms with E-state index in [1.807, 2.05) is 18.7 Å². The third kappa shape index (κ3) is 4.39. The molecule has 5 rings (SSSR count). The molecule has 158 valence electrons. The van der Waals surface area contributed by atoms with Crippen molar-refractivity contribution in [1.29, 1.82) is 0 Å². The van der Waals surface area contributed by atoms with Gasteiger partial charge in [0.05, 0.1) is 11.4 Å². The summed E-state index contributed by atoms with van der Waals surface area (Å²) in [7, 11) is -1.20. The van der Waals surface area contributed by atoms with E-state index in [1.54, 1.807) is 12.1 Å². The molecule has 0 radical (unpaired) electrons. The van der Waals surface area contributed by atoms with Crippen LogP contribution >= 0.6 is 0 Å². The maximum Gasteiger partial charge on any atom is 0.211 e. The third-order valence-electron chi connectivity index (χ3n) is 6.33. The average molecular weight is 421 g/mol. The fraction of sp³-hybridized carbons (Fsp3) is 0.571. The molecule has 2 bridgehead atoms. The quantitative estimate of drug-likeness (QED) is 0.748. The molecule has 3 saturated heterocycles. The molecule has 1 aromatic heterocycles. The molecule has 2 aromatic rings. The maximum absolute atomic E-state index is 13.2. The van der Waals surface area contributed by atoms with Gasteiger partial charge in [-0.3, -0.25) is 9.58 Å². The highest BCUT2D eigenvalue weighted by molar-refractivity contribution is 7.89. The second kappa shape index (κ2) is 8.16. The smallest absolute Gasteiger partial charge is 0.211 e. The van der Waals surface area contributed by atoms with E-state index >= 15 is 0 Å². The third-order valence-corrected chi connectivity index (χ3v) is 7.88. The van der Waals surface area contributed by atoms with E-state index in [2.05, 4.69) is 20.8 Å². The number of hydrogen-bond acceptors (Lipinski definition) is 4. The highest BCUT2D eigenvalue weighted by Gasteiger charge is 2.42. The van der Waals surface area contributed by atoms with Crippen LogP contribution in [0.15, 0.2) is 30.3 Å². The van der Waals surface area contributed by atoms with Crippen LogP contribution < -0.4 is 4.72 Å². The number of sulfonamides is 1. The first-order valence-corrected chi connectivity index (χ1v) is 12.0. The summed E-state index contributed by atoms with van der Waals surface area (Å²) in [4.78, 5) is 2.42. The summed E-state index contributed by atoms with van der Waals surface area (Å²) in [6, 6.07) is 8.83. The first-order valence-electron chi connectivity index (χ1n) is 10.4. The molecule has 3 aliphatic heterocycles. The molecule has 1 aromatic carbocycles. The van der Waals surface area contributed by atoms with Gasteiger partial charge in [0.2, 0.25) is 10.0 Å². The number of fused-ring (bicyclic) bond motifs is 3.